The van der Waals surface area contributed by atoms with Gasteiger partial charge in [-0.15, -0.1) is 11.8 Å². The van der Waals surface area contributed by atoms with Gasteiger partial charge in [-0.2, -0.15) is 0 Å². The van der Waals surface area contributed by atoms with E-state index in [1.165, 1.54) is 16.0 Å². The summed E-state index contributed by atoms with van der Waals surface area (Å²) in [6, 6.07) is 6.30. The van der Waals surface area contributed by atoms with Gasteiger partial charge in [0.05, 0.1) is 11.9 Å². The van der Waals surface area contributed by atoms with Crippen molar-refractivity contribution in [2.45, 2.75) is 37.7 Å². The highest BCUT2D eigenvalue weighted by atomic mass is 32.2. The third kappa shape index (κ3) is 3.98. The van der Waals surface area contributed by atoms with Crippen LogP contribution in [-0.4, -0.2) is 40.9 Å². The standard InChI is InChI=1S/C15H21NO2S/c1-11-5-6-12(2)14(8-11)19-10-15(18)16-7-3-4-13(17)9-16/h5-6,8,13,17H,3-4,7,9-10H2,1-2H3. The highest BCUT2D eigenvalue weighted by molar-refractivity contribution is 8.00. The molecule has 0 radical (unpaired) electrons. The Morgan fingerprint density at radius 1 is 1.47 bits per heavy atom. The topological polar surface area (TPSA) is 40.5 Å². The quantitative estimate of drug-likeness (QED) is 0.864. The van der Waals surface area contributed by atoms with Crippen molar-refractivity contribution in [3.63, 3.8) is 0 Å². The van der Waals surface area contributed by atoms with Crippen molar-refractivity contribution in [2.75, 3.05) is 18.8 Å². The highest BCUT2D eigenvalue weighted by Gasteiger charge is 2.21. The van der Waals surface area contributed by atoms with Gasteiger partial charge in [0.2, 0.25) is 5.91 Å². The molecule has 0 spiro atoms. The fourth-order valence-corrected chi connectivity index (χ4v) is 3.30. The van der Waals surface area contributed by atoms with Crippen LogP contribution in [0.25, 0.3) is 0 Å². The van der Waals surface area contributed by atoms with E-state index in [1.54, 1.807) is 16.7 Å². The molecule has 1 aliphatic rings. The lowest BCUT2D eigenvalue weighted by Crippen LogP contribution is -2.42. The number of nitrogens with zero attached hydrogens (tertiary/aromatic N) is 1. The molecule has 19 heavy (non-hydrogen) atoms. The molecular formula is C15H21NO2S. The van der Waals surface area contributed by atoms with E-state index in [4.69, 9.17) is 0 Å². The minimum absolute atomic E-state index is 0.129. The zero-order valence-electron chi connectivity index (χ0n) is 11.6. The molecule has 4 heteroatoms. The maximum atomic E-state index is 12.1. The van der Waals surface area contributed by atoms with Gasteiger partial charge in [0.15, 0.2) is 0 Å². The number of aryl methyl sites for hydroxylation is 2. The Balaban J connectivity index is 1.91. The molecule has 1 aromatic rings. The van der Waals surface area contributed by atoms with E-state index in [2.05, 4.69) is 32.0 Å². The summed E-state index contributed by atoms with van der Waals surface area (Å²) in [4.78, 5) is 15.1. The van der Waals surface area contributed by atoms with Crippen molar-refractivity contribution in [2.24, 2.45) is 0 Å². The minimum Gasteiger partial charge on any atom is -0.391 e. The number of benzene rings is 1. The Kier molecular flexibility index (Phi) is 4.88. The Bertz CT molecular complexity index is 461. The van der Waals surface area contributed by atoms with Crippen molar-refractivity contribution in [3.8, 4) is 0 Å². The van der Waals surface area contributed by atoms with Crippen LogP contribution in [0.15, 0.2) is 23.1 Å². The van der Waals surface area contributed by atoms with Crippen molar-refractivity contribution in [1.29, 1.82) is 0 Å². The number of likely N-dealkylation sites (tertiary alicyclic amines) is 1. The summed E-state index contributed by atoms with van der Waals surface area (Å²) in [7, 11) is 0. The number of aliphatic hydroxyl groups excluding tert-OH is 1. The van der Waals surface area contributed by atoms with Crippen LogP contribution in [0.5, 0.6) is 0 Å². The Morgan fingerprint density at radius 3 is 3.00 bits per heavy atom. The van der Waals surface area contributed by atoms with Gasteiger partial charge in [-0.05, 0) is 38.3 Å². The molecule has 1 saturated heterocycles. The smallest absolute Gasteiger partial charge is 0.233 e. The van der Waals surface area contributed by atoms with Gasteiger partial charge in [0.25, 0.3) is 0 Å². The summed E-state index contributed by atoms with van der Waals surface area (Å²) in [5, 5.41) is 9.59. The number of β-amino-alcohol motifs (C(OH)–C–C–N with tert-alkyl or cyclic N) is 1. The lowest BCUT2D eigenvalue weighted by Gasteiger charge is -2.30. The zero-order valence-corrected chi connectivity index (χ0v) is 12.4. The largest absolute Gasteiger partial charge is 0.391 e. The number of rotatable bonds is 3. The maximum Gasteiger partial charge on any atom is 0.233 e. The Labute approximate surface area is 119 Å². The molecule has 0 aromatic heterocycles. The third-order valence-corrected chi connectivity index (χ3v) is 4.59. The number of hydrogen-bond acceptors (Lipinski definition) is 3. The summed E-state index contributed by atoms with van der Waals surface area (Å²) in [6.45, 7) is 5.40. The van der Waals surface area contributed by atoms with Crippen molar-refractivity contribution < 1.29 is 9.90 Å². The van der Waals surface area contributed by atoms with Crippen molar-refractivity contribution in [1.82, 2.24) is 4.90 Å². The van der Waals surface area contributed by atoms with Crippen LogP contribution in [0, 0.1) is 13.8 Å². The molecule has 0 bridgehead atoms. The van der Waals surface area contributed by atoms with Gasteiger partial charge in [-0.3, -0.25) is 4.79 Å². The number of carbonyl (C=O) groups excluding carboxylic acids is 1. The molecule has 1 aromatic carbocycles. The van der Waals surface area contributed by atoms with E-state index in [1.807, 2.05) is 0 Å². The number of carbonyl (C=O) groups is 1. The minimum atomic E-state index is -0.344. The number of hydrogen-bond donors (Lipinski definition) is 1. The summed E-state index contributed by atoms with van der Waals surface area (Å²) in [6.07, 6.45) is 1.37. The lowest BCUT2D eigenvalue weighted by molar-refractivity contribution is -0.131. The van der Waals surface area contributed by atoms with Gasteiger partial charge in [0.1, 0.15) is 0 Å². The predicted octanol–water partition coefficient (Wildman–Crippen LogP) is 2.38. The molecule has 1 N–H and O–H groups in total. The van der Waals surface area contributed by atoms with Crippen LogP contribution >= 0.6 is 11.8 Å². The predicted molar refractivity (Wildman–Crippen MR) is 78.5 cm³/mol. The molecular weight excluding hydrogens is 258 g/mol. The van der Waals surface area contributed by atoms with Crippen molar-refractivity contribution >= 4 is 17.7 Å². The number of amides is 1. The average molecular weight is 279 g/mol. The van der Waals surface area contributed by atoms with Crippen LogP contribution in [0.2, 0.25) is 0 Å². The second-order valence-corrected chi connectivity index (χ2v) is 6.21. The van der Waals surface area contributed by atoms with E-state index in [9.17, 15) is 9.90 Å². The highest BCUT2D eigenvalue weighted by Crippen LogP contribution is 2.24. The van der Waals surface area contributed by atoms with Crippen LogP contribution < -0.4 is 0 Å². The van der Waals surface area contributed by atoms with Crippen LogP contribution in [-0.2, 0) is 4.79 Å². The normalized spacial score (nSPS) is 19.5. The monoisotopic (exact) mass is 279 g/mol. The summed E-state index contributed by atoms with van der Waals surface area (Å²) in [5.74, 6) is 0.585. The Morgan fingerprint density at radius 2 is 2.26 bits per heavy atom. The second kappa shape index (κ2) is 6.44. The summed E-state index contributed by atoms with van der Waals surface area (Å²) < 4.78 is 0. The maximum absolute atomic E-state index is 12.1. The van der Waals surface area contributed by atoms with E-state index >= 15 is 0 Å². The van der Waals surface area contributed by atoms with Gasteiger partial charge >= 0.3 is 0 Å². The van der Waals surface area contributed by atoms with Crippen LogP contribution in [0.1, 0.15) is 24.0 Å². The van der Waals surface area contributed by atoms with Crippen LogP contribution in [0.4, 0.5) is 0 Å². The van der Waals surface area contributed by atoms with E-state index in [0.29, 0.717) is 12.3 Å². The van der Waals surface area contributed by atoms with E-state index in [-0.39, 0.29) is 12.0 Å². The molecule has 3 nitrogen and oxygen atoms in total. The molecule has 0 aliphatic carbocycles. The first kappa shape index (κ1) is 14.4. The molecule has 1 unspecified atom stereocenters. The number of piperidine rings is 1. The second-order valence-electron chi connectivity index (χ2n) is 5.19. The fourth-order valence-electron chi connectivity index (χ4n) is 2.27. The molecule has 104 valence electrons. The van der Waals surface area contributed by atoms with E-state index < -0.39 is 0 Å². The van der Waals surface area contributed by atoms with Crippen molar-refractivity contribution in [3.05, 3.63) is 29.3 Å². The van der Waals surface area contributed by atoms with Crippen LogP contribution in [0.3, 0.4) is 0 Å². The van der Waals surface area contributed by atoms with Gasteiger partial charge < -0.3 is 10.0 Å². The van der Waals surface area contributed by atoms with Gasteiger partial charge in [0, 0.05) is 18.0 Å². The number of thioether (sulfide) groups is 1. The molecule has 0 saturated carbocycles. The first-order valence-corrected chi connectivity index (χ1v) is 7.70. The first-order valence-electron chi connectivity index (χ1n) is 6.72. The SMILES string of the molecule is Cc1ccc(C)c(SCC(=O)N2CCCC(O)C2)c1. The molecule has 1 atom stereocenters. The molecule has 1 heterocycles. The summed E-state index contributed by atoms with van der Waals surface area (Å²) >= 11 is 1.59. The molecule has 1 amide bonds. The van der Waals surface area contributed by atoms with Gasteiger partial charge in [-0.1, -0.05) is 17.7 Å². The average Bonchev–Trinajstić information content (AvgIpc) is 2.39. The Hall–Kier alpha value is -1.00. The molecule has 1 fully saturated rings. The number of aliphatic hydroxyl groups is 1. The molecule has 2 rings (SSSR count). The summed E-state index contributed by atoms with van der Waals surface area (Å²) in [5.41, 5.74) is 2.43. The zero-order chi connectivity index (χ0) is 13.8. The third-order valence-electron chi connectivity index (χ3n) is 3.44. The first-order chi connectivity index (χ1) is 9.06. The van der Waals surface area contributed by atoms with E-state index in [0.717, 1.165) is 19.4 Å². The van der Waals surface area contributed by atoms with Gasteiger partial charge in [-0.25, -0.2) is 0 Å². The fraction of sp³-hybridized carbons (Fsp3) is 0.533. The molecule has 1 aliphatic heterocycles. The lowest BCUT2D eigenvalue weighted by atomic mass is 10.1.